The maximum atomic E-state index is 12.5. The van der Waals surface area contributed by atoms with Crippen LogP contribution in [-0.4, -0.2) is 51.3 Å². The number of likely N-dealkylation sites (N-methyl/N-ethyl adjacent to an activating group) is 1. The fourth-order valence-corrected chi connectivity index (χ4v) is 3.02. The lowest BCUT2D eigenvalue weighted by Gasteiger charge is -2.21. The number of ether oxygens (including phenoxy) is 1. The normalized spacial score (nSPS) is 12.5. The maximum absolute atomic E-state index is 12.5. The standard InChI is InChI=1S/C18H21NO5S/c1-19(12-17(20)13-7-9-15(24-2)10-8-13)18(21)14-5-4-6-16(11-14)25(3,22)23/h4-11,17,20H,12H2,1-3H3. The van der Waals surface area contributed by atoms with Gasteiger partial charge in [0.15, 0.2) is 9.84 Å². The van der Waals surface area contributed by atoms with E-state index in [9.17, 15) is 18.3 Å². The van der Waals surface area contributed by atoms with Gasteiger partial charge in [-0.05, 0) is 35.9 Å². The molecule has 134 valence electrons. The van der Waals surface area contributed by atoms with Crippen LogP contribution in [0.4, 0.5) is 0 Å². The Labute approximate surface area is 147 Å². The van der Waals surface area contributed by atoms with Crippen LogP contribution >= 0.6 is 0 Å². The first-order chi connectivity index (χ1) is 11.7. The number of rotatable bonds is 6. The lowest BCUT2D eigenvalue weighted by molar-refractivity contribution is 0.0680. The fraction of sp³-hybridized carbons (Fsp3) is 0.278. The molecule has 1 amide bonds. The molecule has 0 aliphatic rings. The van der Waals surface area contributed by atoms with E-state index < -0.39 is 15.9 Å². The topological polar surface area (TPSA) is 83.9 Å². The highest BCUT2D eigenvalue weighted by Crippen LogP contribution is 2.19. The molecule has 1 N–H and O–H groups in total. The van der Waals surface area contributed by atoms with E-state index in [1.54, 1.807) is 44.5 Å². The number of nitrogens with zero attached hydrogens (tertiary/aromatic N) is 1. The second kappa shape index (κ2) is 7.67. The van der Waals surface area contributed by atoms with Crippen molar-refractivity contribution in [2.24, 2.45) is 0 Å². The summed E-state index contributed by atoms with van der Waals surface area (Å²) in [6.45, 7) is 0.0776. The molecule has 0 spiro atoms. The summed E-state index contributed by atoms with van der Waals surface area (Å²) in [5.74, 6) is 0.316. The third kappa shape index (κ3) is 4.80. The van der Waals surface area contributed by atoms with Crippen LogP contribution in [0, 0.1) is 0 Å². The summed E-state index contributed by atoms with van der Waals surface area (Å²) in [5.41, 5.74) is 0.915. The Bertz CT molecular complexity index is 846. The van der Waals surface area contributed by atoms with Gasteiger partial charge in [-0.25, -0.2) is 8.42 Å². The average molecular weight is 363 g/mol. The van der Waals surface area contributed by atoms with Gasteiger partial charge in [0.05, 0.1) is 24.7 Å². The summed E-state index contributed by atoms with van der Waals surface area (Å²) >= 11 is 0. The number of hydrogen-bond donors (Lipinski definition) is 1. The Morgan fingerprint density at radius 1 is 1.20 bits per heavy atom. The van der Waals surface area contributed by atoms with Gasteiger partial charge in [0.25, 0.3) is 5.91 Å². The molecule has 0 fully saturated rings. The van der Waals surface area contributed by atoms with E-state index in [2.05, 4.69) is 0 Å². The Morgan fingerprint density at radius 2 is 1.84 bits per heavy atom. The van der Waals surface area contributed by atoms with Crippen molar-refractivity contribution < 1.29 is 23.1 Å². The first-order valence-electron chi connectivity index (χ1n) is 7.60. The first kappa shape index (κ1) is 19.0. The summed E-state index contributed by atoms with van der Waals surface area (Å²) in [4.78, 5) is 13.9. The second-order valence-corrected chi connectivity index (χ2v) is 7.79. The van der Waals surface area contributed by atoms with Crippen LogP contribution in [0.15, 0.2) is 53.4 Å². The smallest absolute Gasteiger partial charge is 0.253 e. The molecule has 0 aromatic heterocycles. The summed E-state index contributed by atoms with van der Waals surface area (Å²) < 4.78 is 28.3. The summed E-state index contributed by atoms with van der Waals surface area (Å²) in [6.07, 6.45) is 0.228. The van der Waals surface area contributed by atoms with Crippen molar-refractivity contribution in [2.45, 2.75) is 11.0 Å². The van der Waals surface area contributed by atoms with Crippen molar-refractivity contribution >= 4 is 15.7 Å². The van der Waals surface area contributed by atoms with Crippen LogP contribution in [0.2, 0.25) is 0 Å². The van der Waals surface area contributed by atoms with Gasteiger partial charge in [0.1, 0.15) is 5.75 Å². The maximum Gasteiger partial charge on any atom is 0.253 e. The Morgan fingerprint density at radius 3 is 2.40 bits per heavy atom. The van der Waals surface area contributed by atoms with Crippen LogP contribution in [0.3, 0.4) is 0 Å². The van der Waals surface area contributed by atoms with Crippen LogP contribution < -0.4 is 4.74 Å². The Hall–Kier alpha value is -2.38. The minimum Gasteiger partial charge on any atom is -0.497 e. The molecule has 0 aliphatic carbocycles. The van der Waals surface area contributed by atoms with E-state index >= 15 is 0 Å². The van der Waals surface area contributed by atoms with E-state index in [0.29, 0.717) is 11.3 Å². The predicted octanol–water partition coefficient (Wildman–Crippen LogP) is 1.90. The van der Waals surface area contributed by atoms with Crippen molar-refractivity contribution in [1.29, 1.82) is 0 Å². The third-order valence-corrected chi connectivity index (χ3v) is 4.91. The molecule has 1 atom stereocenters. The Kier molecular flexibility index (Phi) is 5.81. The zero-order chi connectivity index (χ0) is 18.6. The minimum absolute atomic E-state index is 0.0776. The predicted molar refractivity (Wildman–Crippen MR) is 94.5 cm³/mol. The van der Waals surface area contributed by atoms with Gasteiger partial charge in [-0.3, -0.25) is 4.79 Å². The molecule has 2 aromatic rings. The molecule has 2 aromatic carbocycles. The summed E-state index contributed by atoms with van der Waals surface area (Å²) in [7, 11) is -0.273. The van der Waals surface area contributed by atoms with Gasteiger partial charge in [-0.15, -0.1) is 0 Å². The van der Waals surface area contributed by atoms with Crippen LogP contribution in [0.1, 0.15) is 22.0 Å². The van der Waals surface area contributed by atoms with E-state index in [0.717, 1.165) is 6.26 Å². The van der Waals surface area contributed by atoms with Crippen molar-refractivity contribution in [3.63, 3.8) is 0 Å². The van der Waals surface area contributed by atoms with Gasteiger partial charge in [-0.1, -0.05) is 18.2 Å². The monoisotopic (exact) mass is 363 g/mol. The van der Waals surface area contributed by atoms with E-state index in [1.165, 1.54) is 23.1 Å². The Balaban J connectivity index is 2.11. The molecule has 7 heteroatoms. The number of hydrogen-bond acceptors (Lipinski definition) is 5. The molecule has 0 radical (unpaired) electrons. The van der Waals surface area contributed by atoms with E-state index in [4.69, 9.17) is 4.74 Å². The molecule has 25 heavy (non-hydrogen) atoms. The average Bonchev–Trinajstić information content (AvgIpc) is 2.60. The highest BCUT2D eigenvalue weighted by atomic mass is 32.2. The van der Waals surface area contributed by atoms with Gasteiger partial charge >= 0.3 is 0 Å². The van der Waals surface area contributed by atoms with Gasteiger partial charge in [-0.2, -0.15) is 0 Å². The highest BCUT2D eigenvalue weighted by molar-refractivity contribution is 7.90. The molecule has 0 bridgehead atoms. The van der Waals surface area contributed by atoms with Crippen LogP contribution in [0.25, 0.3) is 0 Å². The van der Waals surface area contributed by atoms with E-state index in [1.807, 2.05) is 0 Å². The number of benzene rings is 2. The van der Waals surface area contributed by atoms with Gasteiger partial charge in [0, 0.05) is 18.9 Å². The molecular formula is C18H21NO5S. The zero-order valence-electron chi connectivity index (χ0n) is 14.3. The van der Waals surface area contributed by atoms with E-state index in [-0.39, 0.29) is 22.9 Å². The quantitative estimate of drug-likeness (QED) is 0.847. The van der Waals surface area contributed by atoms with Crippen LogP contribution in [-0.2, 0) is 9.84 Å². The number of methoxy groups -OCH3 is 1. The highest BCUT2D eigenvalue weighted by Gasteiger charge is 2.18. The summed E-state index contributed by atoms with van der Waals surface area (Å²) in [5, 5.41) is 10.3. The zero-order valence-corrected chi connectivity index (χ0v) is 15.2. The largest absolute Gasteiger partial charge is 0.497 e. The van der Waals surface area contributed by atoms with Gasteiger partial charge < -0.3 is 14.7 Å². The van der Waals surface area contributed by atoms with Crippen molar-refractivity contribution in [2.75, 3.05) is 27.0 Å². The minimum atomic E-state index is -3.39. The number of aliphatic hydroxyl groups is 1. The van der Waals surface area contributed by atoms with Crippen molar-refractivity contribution in [1.82, 2.24) is 4.90 Å². The SMILES string of the molecule is COc1ccc(C(O)CN(C)C(=O)c2cccc(S(C)(=O)=O)c2)cc1. The van der Waals surface area contributed by atoms with Crippen molar-refractivity contribution in [3.8, 4) is 5.75 Å². The number of sulfone groups is 1. The molecule has 0 aliphatic heterocycles. The molecule has 2 rings (SSSR count). The fourth-order valence-electron chi connectivity index (χ4n) is 2.35. The molecule has 1 unspecified atom stereocenters. The number of carbonyl (C=O) groups is 1. The van der Waals surface area contributed by atoms with Gasteiger partial charge in [0.2, 0.25) is 0 Å². The lowest BCUT2D eigenvalue weighted by Crippen LogP contribution is -2.31. The molecule has 0 heterocycles. The molecule has 6 nitrogen and oxygen atoms in total. The summed E-state index contributed by atoms with van der Waals surface area (Å²) in [6, 6.07) is 12.8. The first-order valence-corrected chi connectivity index (χ1v) is 9.49. The number of amides is 1. The molecule has 0 saturated heterocycles. The second-order valence-electron chi connectivity index (χ2n) is 5.77. The van der Waals surface area contributed by atoms with Crippen LogP contribution in [0.5, 0.6) is 5.75 Å². The number of carbonyl (C=O) groups excluding carboxylic acids is 1. The molecular weight excluding hydrogens is 342 g/mol. The third-order valence-electron chi connectivity index (χ3n) is 3.80. The van der Waals surface area contributed by atoms with Crippen molar-refractivity contribution in [3.05, 3.63) is 59.7 Å². The number of aliphatic hydroxyl groups excluding tert-OH is 1. The molecule has 0 saturated carbocycles. The lowest BCUT2D eigenvalue weighted by atomic mass is 10.1.